The fraction of sp³-hybridized carbons (Fsp3) is 0.417. The molecule has 94 valence electrons. The molecule has 0 heterocycles. The third-order valence-corrected chi connectivity index (χ3v) is 1.68. The van der Waals surface area contributed by atoms with Crippen molar-refractivity contribution < 1.29 is 24.2 Å². The van der Waals surface area contributed by atoms with Crippen LogP contribution >= 0.6 is 0 Å². The summed E-state index contributed by atoms with van der Waals surface area (Å²) in [5, 5.41) is 0. The average Bonchev–Trinajstić information content (AvgIpc) is 2.24. The minimum absolute atomic E-state index is 0.330. The van der Waals surface area contributed by atoms with E-state index in [0.717, 1.165) is 0 Å². The van der Waals surface area contributed by atoms with E-state index >= 15 is 0 Å². The first-order valence-electron chi connectivity index (χ1n) is 5.22. The van der Waals surface area contributed by atoms with Gasteiger partial charge in [0.25, 0.3) is 0 Å². The van der Waals surface area contributed by atoms with Gasteiger partial charge in [-0.1, -0.05) is 19.1 Å². The van der Waals surface area contributed by atoms with Gasteiger partial charge in [0.05, 0.1) is 0 Å². The number of carbonyl (C=O) groups excluding carboxylic acids is 3. The van der Waals surface area contributed by atoms with E-state index in [1.807, 2.05) is 6.92 Å². The molecule has 0 atom stereocenters. The van der Waals surface area contributed by atoms with Gasteiger partial charge in [0.15, 0.2) is 0 Å². The van der Waals surface area contributed by atoms with Crippen molar-refractivity contribution >= 4 is 17.7 Å². The van der Waals surface area contributed by atoms with Gasteiger partial charge in [-0.2, -0.15) is 0 Å². The molecule has 17 heavy (non-hydrogen) atoms. The molecule has 0 unspecified atom stereocenters. The molecule has 0 amide bonds. The topological polar surface area (TPSA) is 69.7 Å². The van der Waals surface area contributed by atoms with Crippen molar-refractivity contribution in [3.8, 4) is 0 Å². The van der Waals surface area contributed by atoms with Crippen LogP contribution < -0.4 is 0 Å². The lowest BCUT2D eigenvalue weighted by Crippen LogP contribution is -2.14. The van der Waals surface area contributed by atoms with E-state index in [2.05, 4.69) is 16.4 Å². The van der Waals surface area contributed by atoms with E-state index in [4.69, 9.17) is 0 Å². The number of ketones is 1. The molecule has 5 nitrogen and oxygen atoms in total. The maximum atomic E-state index is 11.4. The Morgan fingerprint density at radius 1 is 1.24 bits per heavy atom. The van der Waals surface area contributed by atoms with E-state index < -0.39 is 18.4 Å². The van der Waals surface area contributed by atoms with Crippen LogP contribution in [0.3, 0.4) is 0 Å². The highest BCUT2D eigenvalue weighted by Crippen LogP contribution is 2.07. The molecule has 5 heteroatoms. The molecule has 0 aromatic rings. The monoisotopic (exact) mass is 240 g/mol. The van der Waals surface area contributed by atoms with Crippen LogP contribution in [0.2, 0.25) is 0 Å². The highest BCUT2D eigenvalue weighted by Gasteiger charge is 2.14. The Bertz CT molecular complexity index is 341. The Balaban J connectivity index is 4.23. The highest BCUT2D eigenvalue weighted by molar-refractivity contribution is 5.94. The number of hydrogen-bond acceptors (Lipinski definition) is 5. The first kappa shape index (κ1) is 15.1. The summed E-state index contributed by atoms with van der Waals surface area (Å²) in [4.78, 5) is 41.4. The van der Waals surface area contributed by atoms with Gasteiger partial charge < -0.3 is 0 Å². The Hall–Kier alpha value is -1.91. The van der Waals surface area contributed by atoms with Crippen LogP contribution in [0.4, 0.5) is 0 Å². The standard InChI is InChI=1S/C12H16O5/c1-4-6-10(7-5-2)12(15)17-16-11(14)8-9(3)13/h4,7H,1,5-6,8H2,2-3H3. The van der Waals surface area contributed by atoms with Crippen LogP contribution in [0.1, 0.15) is 33.1 Å². The Morgan fingerprint density at radius 2 is 1.88 bits per heavy atom. The van der Waals surface area contributed by atoms with Crippen LogP contribution in [-0.2, 0) is 24.2 Å². The summed E-state index contributed by atoms with van der Waals surface area (Å²) in [7, 11) is 0. The maximum Gasteiger partial charge on any atom is 0.382 e. The number of carbonyl (C=O) groups is 3. The molecule has 0 bridgehead atoms. The Morgan fingerprint density at radius 3 is 2.35 bits per heavy atom. The van der Waals surface area contributed by atoms with Gasteiger partial charge >= 0.3 is 11.9 Å². The predicted molar refractivity (Wildman–Crippen MR) is 60.7 cm³/mol. The second-order valence-electron chi connectivity index (χ2n) is 3.34. The van der Waals surface area contributed by atoms with E-state index in [-0.39, 0.29) is 5.78 Å². The first-order chi connectivity index (χ1) is 8.01. The summed E-state index contributed by atoms with van der Waals surface area (Å²) in [5.41, 5.74) is 0.359. The molecule has 0 saturated carbocycles. The van der Waals surface area contributed by atoms with Crippen molar-refractivity contribution in [2.45, 2.75) is 33.1 Å². The third kappa shape index (κ3) is 7.05. The van der Waals surface area contributed by atoms with Gasteiger partial charge in [-0.15, -0.1) is 6.58 Å². The summed E-state index contributed by atoms with van der Waals surface area (Å²) in [6.45, 7) is 6.60. The van der Waals surface area contributed by atoms with Crippen molar-refractivity contribution in [1.29, 1.82) is 0 Å². The minimum Gasteiger partial charge on any atom is -0.299 e. The smallest absolute Gasteiger partial charge is 0.299 e. The van der Waals surface area contributed by atoms with Gasteiger partial charge in [0.2, 0.25) is 0 Å². The Labute approximate surface area is 100 Å². The zero-order chi connectivity index (χ0) is 13.3. The van der Waals surface area contributed by atoms with Gasteiger partial charge in [0, 0.05) is 5.57 Å². The Kier molecular flexibility index (Phi) is 7.34. The lowest BCUT2D eigenvalue weighted by Gasteiger charge is -2.04. The summed E-state index contributed by atoms with van der Waals surface area (Å²) in [6.07, 6.45) is 3.77. The van der Waals surface area contributed by atoms with Gasteiger partial charge in [-0.25, -0.2) is 19.4 Å². The largest absolute Gasteiger partial charge is 0.382 e. The highest BCUT2D eigenvalue weighted by atomic mass is 17.2. The van der Waals surface area contributed by atoms with E-state index in [0.29, 0.717) is 18.4 Å². The van der Waals surface area contributed by atoms with Crippen molar-refractivity contribution in [2.75, 3.05) is 0 Å². The van der Waals surface area contributed by atoms with Crippen LogP contribution in [0.25, 0.3) is 0 Å². The number of rotatable bonds is 6. The number of hydrogen-bond donors (Lipinski definition) is 0. The maximum absolute atomic E-state index is 11.4. The van der Waals surface area contributed by atoms with Gasteiger partial charge in [0.1, 0.15) is 12.2 Å². The quantitative estimate of drug-likeness (QED) is 0.233. The van der Waals surface area contributed by atoms with Gasteiger partial charge in [-0.3, -0.25) is 4.79 Å². The predicted octanol–water partition coefficient (Wildman–Crippen LogP) is 1.88. The zero-order valence-electron chi connectivity index (χ0n) is 10.0. The van der Waals surface area contributed by atoms with Crippen LogP contribution in [-0.4, -0.2) is 17.7 Å². The first-order valence-corrected chi connectivity index (χ1v) is 5.22. The fourth-order valence-electron chi connectivity index (χ4n) is 1.02. The van der Waals surface area contributed by atoms with E-state index in [1.165, 1.54) is 6.92 Å². The SMILES string of the molecule is C=CCC(=CCC)C(=O)OOC(=O)CC(C)=O. The molecule has 0 aliphatic carbocycles. The summed E-state index contributed by atoms with van der Waals surface area (Å²) in [5.74, 6) is -1.99. The molecule has 0 aromatic heterocycles. The normalized spacial score (nSPS) is 10.6. The van der Waals surface area contributed by atoms with E-state index in [1.54, 1.807) is 12.2 Å². The number of Topliss-reactive ketones (excluding diaryl/α,β-unsaturated/α-hetero) is 1. The second-order valence-corrected chi connectivity index (χ2v) is 3.34. The molecule has 0 aliphatic rings. The van der Waals surface area contributed by atoms with Crippen LogP contribution in [0.15, 0.2) is 24.3 Å². The molecule has 0 spiro atoms. The summed E-state index contributed by atoms with van der Waals surface area (Å²) >= 11 is 0. The fourth-order valence-corrected chi connectivity index (χ4v) is 1.02. The van der Waals surface area contributed by atoms with Crippen molar-refractivity contribution in [3.05, 3.63) is 24.3 Å². The molecule has 0 aliphatic heterocycles. The summed E-state index contributed by atoms with van der Waals surface area (Å²) in [6, 6.07) is 0. The second kappa shape index (κ2) is 8.27. The van der Waals surface area contributed by atoms with Crippen molar-refractivity contribution in [1.82, 2.24) is 0 Å². The lowest BCUT2D eigenvalue weighted by atomic mass is 10.1. The molecule has 0 saturated heterocycles. The number of allylic oxidation sites excluding steroid dienone is 2. The summed E-state index contributed by atoms with van der Waals surface area (Å²) < 4.78 is 0. The molecule has 0 radical (unpaired) electrons. The molecule has 0 aromatic carbocycles. The van der Waals surface area contributed by atoms with Crippen LogP contribution in [0, 0.1) is 0 Å². The van der Waals surface area contributed by atoms with Gasteiger partial charge in [-0.05, 0) is 19.8 Å². The lowest BCUT2D eigenvalue weighted by molar-refractivity contribution is -0.255. The molecule has 0 N–H and O–H groups in total. The average molecular weight is 240 g/mol. The molecular weight excluding hydrogens is 224 g/mol. The van der Waals surface area contributed by atoms with Crippen LogP contribution in [0.5, 0.6) is 0 Å². The molecular formula is C12H16O5. The zero-order valence-corrected chi connectivity index (χ0v) is 10.0. The molecule has 0 fully saturated rings. The van der Waals surface area contributed by atoms with E-state index in [9.17, 15) is 14.4 Å². The minimum atomic E-state index is -0.889. The van der Waals surface area contributed by atoms with Crippen molar-refractivity contribution in [3.63, 3.8) is 0 Å². The van der Waals surface area contributed by atoms with Crippen molar-refractivity contribution in [2.24, 2.45) is 0 Å². The molecule has 0 rings (SSSR count). The third-order valence-electron chi connectivity index (χ3n) is 1.68.